The van der Waals surface area contributed by atoms with E-state index in [0.717, 1.165) is 36.0 Å². The third kappa shape index (κ3) is 4.26. The second-order valence-electron chi connectivity index (χ2n) is 8.76. The summed E-state index contributed by atoms with van der Waals surface area (Å²) in [5, 5.41) is 4.17. The maximum absolute atomic E-state index is 12.8. The highest BCUT2D eigenvalue weighted by atomic mass is 16.2. The average molecular weight is 461 g/mol. The van der Waals surface area contributed by atoms with Gasteiger partial charge in [-0.15, -0.1) is 0 Å². The van der Waals surface area contributed by atoms with Gasteiger partial charge in [-0.2, -0.15) is 10.1 Å². The molecular weight excluding hydrogens is 432 g/mol. The van der Waals surface area contributed by atoms with Crippen LogP contribution in [0.15, 0.2) is 54.0 Å². The Bertz CT molecular complexity index is 1220. The van der Waals surface area contributed by atoms with Crippen LogP contribution in [0.3, 0.4) is 0 Å². The van der Waals surface area contributed by atoms with E-state index >= 15 is 0 Å². The SMILES string of the molecule is CC(C(=O)N(C)C)n1cc(C(=O)N=C(N)C2(c3ccc(-c4cnc(N)nc4)cc3)CCC2)cn1. The smallest absolute Gasteiger partial charge is 0.281 e. The molecule has 1 unspecified atom stereocenters. The van der Waals surface area contributed by atoms with Crippen molar-refractivity contribution in [3.05, 3.63) is 60.2 Å². The van der Waals surface area contributed by atoms with Gasteiger partial charge in [-0.1, -0.05) is 30.7 Å². The van der Waals surface area contributed by atoms with Crippen LogP contribution in [0.5, 0.6) is 0 Å². The molecule has 0 spiro atoms. The Morgan fingerprint density at radius 2 is 1.74 bits per heavy atom. The van der Waals surface area contributed by atoms with E-state index < -0.39 is 17.4 Å². The normalized spacial score (nSPS) is 15.9. The molecule has 1 atom stereocenters. The van der Waals surface area contributed by atoms with E-state index in [0.29, 0.717) is 0 Å². The first-order chi connectivity index (χ1) is 16.2. The predicted octanol–water partition coefficient (Wildman–Crippen LogP) is 2.19. The van der Waals surface area contributed by atoms with Gasteiger partial charge in [-0.05, 0) is 30.9 Å². The lowest BCUT2D eigenvalue weighted by atomic mass is 9.63. The highest BCUT2D eigenvalue weighted by Crippen LogP contribution is 2.44. The van der Waals surface area contributed by atoms with Crippen molar-refractivity contribution in [2.45, 2.75) is 37.6 Å². The Hall–Kier alpha value is -4.08. The van der Waals surface area contributed by atoms with Crippen molar-refractivity contribution in [1.29, 1.82) is 0 Å². The maximum Gasteiger partial charge on any atom is 0.281 e. The van der Waals surface area contributed by atoms with Crippen LogP contribution in [0.2, 0.25) is 0 Å². The molecule has 1 aliphatic rings. The molecule has 2 heterocycles. The summed E-state index contributed by atoms with van der Waals surface area (Å²) in [6.07, 6.45) is 8.93. The van der Waals surface area contributed by atoms with Gasteiger partial charge < -0.3 is 16.4 Å². The third-order valence-corrected chi connectivity index (χ3v) is 6.41. The van der Waals surface area contributed by atoms with Crippen molar-refractivity contribution in [2.75, 3.05) is 19.8 Å². The highest BCUT2D eigenvalue weighted by Gasteiger charge is 2.43. The number of nitrogen functional groups attached to an aromatic ring is 1. The molecule has 34 heavy (non-hydrogen) atoms. The van der Waals surface area contributed by atoms with E-state index in [-0.39, 0.29) is 23.3 Å². The molecule has 10 nitrogen and oxygen atoms in total. The summed E-state index contributed by atoms with van der Waals surface area (Å²) in [4.78, 5) is 38.8. The lowest BCUT2D eigenvalue weighted by Crippen LogP contribution is -2.47. The minimum atomic E-state index is -0.527. The molecular formula is C24H28N8O2. The number of hydrogen-bond acceptors (Lipinski definition) is 6. The van der Waals surface area contributed by atoms with Crippen LogP contribution in [-0.2, 0) is 10.2 Å². The molecule has 0 radical (unpaired) electrons. The van der Waals surface area contributed by atoms with Crippen molar-refractivity contribution in [1.82, 2.24) is 24.6 Å². The fraction of sp³-hybridized carbons (Fsp3) is 0.333. The number of anilines is 1. The number of likely N-dealkylation sites (N-methyl/N-ethyl adjacent to an activating group) is 1. The number of benzene rings is 1. The number of carbonyl (C=O) groups is 2. The second kappa shape index (κ2) is 9.05. The number of aromatic nitrogens is 4. The first-order valence-corrected chi connectivity index (χ1v) is 11.0. The third-order valence-electron chi connectivity index (χ3n) is 6.41. The molecule has 10 heteroatoms. The topological polar surface area (TPSA) is 145 Å². The maximum atomic E-state index is 12.8. The van der Waals surface area contributed by atoms with Crippen molar-refractivity contribution in [3.8, 4) is 11.1 Å². The summed E-state index contributed by atoms with van der Waals surface area (Å²) in [6.45, 7) is 1.73. The van der Waals surface area contributed by atoms with Crippen LogP contribution in [0.1, 0.15) is 48.1 Å². The lowest BCUT2D eigenvalue weighted by molar-refractivity contribution is -0.131. The Balaban J connectivity index is 1.54. The quantitative estimate of drug-likeness (QED) is 0.423. The molecule has 0 saturated heterocycles. The Morgan fingerprint density at radius 3 is 2.29 bits per heavy atom. The zero-order valence-corrected chi connectivity index (χ0v) is 19.5. The molecule has 1 fully saturated rings. The lowest BCUT2D eigenvalue weighted by Gasteiger charge is -2.41. The molecule has 2 aromatic heterocycles. The molecule has 3 aromatic rings. The predicted molar refractivity (Wildman–Crippen MR) is 129 cm³/mol. The van der Waals surface area contributed by atoms with Crippen molar-refractivity contribution in [3.63, 3.8) is 0 Å². The highest BCUT2D eigenvalue weighted by molar-refractivity contribution is 6.06. The largest absolute Gasteiger partial charge is 0.386 e. The molecule has 1 aromatic carbocycles. The number of rotatable bonds is 6. The molecule has 1 saturated carbocycles. The summed E-state index contributed by atoms with van der Waals surface area (Å²) in [5.74, 6) is -0.0769. The van der Waals surface area contributed by atoms with Gasteiger partial charge >= 0.3 is 0 Å². The number of amides is 2. The van der Waals surface area contributed by atoms with Crippen LogP contribution >= 0.6 is 0 Å². The van der Waals surface area contributed by atoms with E-state index in [1.165, 1.54) is 22.0 Å². The van der Waals surface area contributed by atoms with Gasteiger partial charge in [-0.25, -0.2) is 9.97 Å². The molecule has 176 valence electrons. The fourth-order valence-electron chi connectivity index (χ4n) is 4.12. The van der Waals surface area contributed by atoms with Crippen molar-refractivity contribution < 1.29 is 9.59 Å². The minimum Gasteiger partial charge on any atom is -0.386 e. The Labute approximate surface area is 197 Å². The van der Waals surface area contributed by atoms with Crippen molar-refractivity contribution in [2.24, 2.45) is 10.7 Å². The van der Waals surface area contributed by atoms with Crippen molar-refractivity contribution >= 4 is 23.6 Å². The number of amidine groups is 1. The molecule has 4 N–H and O–H groups in total. The first kappa shape index (κ1) is 23.1. The van der Waals surface area contributed by atoms with Gasteiger partial charge in [0.1, 0.15) is 11.9 Å². The van der Waals surface area contributed by atoms with Gasteiger partial charge in [0, 0.05) is 38.2 Å². The van der Waals surface area contributed by atoms with Gasteiger partial charge in [0.25, 0.3) is 5.91 Å². The summed E-state index contributed by atoms with van der Waals surface area (Å²) in [5.41, 5.74) is 14.6. The molecule has 0 aliphatic heterocycles. The zero-order chi connectivity index (χ0) is 24.5. The van der Waals surface area contributed by atoms with Gasteiger partial charge in [0.15, 0.2) is 0 Å². The number of hydrogen-bond donors (Lipinski definition) is 2. The summed E-state index contributed by atoms with van der Waals surface area (Å²) in [7, 11) is 3.35. The van der Waals surface area contributed by atoms with Gasteiger partial charge in [-0.3, -0.25) is 14.3 Å². The van der Waals surface area contributed by atoms with E-state index in [2.05, 4.69) is 20.1 Å². The van der Waals surface area contributed by atoms with E-state index in [1.54, 1.807) is 33.4 Å². The zero-order valence-electron chi connectivity index (χ0n) is 19.5. The average Bonchev–Trinajstić information content (AvgIpc) is 3.29. The monoisotopic (exact) mass is 460 g/mol. The Kier molecular flexibility index (Phi) is 6.14. The molecule has 4 rings (SSSR count). The summed E-state index contributed by atoms with van der Waals surface area (Å²) in [6, 6.07) is 7.44. The van der Waals surface area contributed by atoms with E-state index in [9.17, 15) is 9.59 Å². The van der Waals surface area contributed by atoms with Crippen LogP contribution in [0.4, 0.5) is 5.95 Å². The van der Waals surface area contributed by atoms with E-state index in [1.807, 2.05) is 24.3 Å². The molecule has 1 aliphatic carbocycles. The van der Waals surface area contributed by atoms with E-state index in [4.69, 9.17) is 11.5 Å². The van der Waals surface area contributed by atoms with Crippen LogP contribution in [0, 0.1) is 0 Å². The number of nitrogens with two attached hydrogens (primary N) is 2. The molecule has 2 amide bonds. The van der Waals surface area contributed by atoms with Gasteiger partial charge in [0.2, 0.25) is 11.9 Å². The Morgan fingerprint density at radius 1 is 1.09 bits per heavy atom. The van der Waals surface area contributed by atoms with Gasteiger partial charge in [0.05, 0.1) is 17.2 Å². The fourth-order valence-corrected chi connectivity index (χ4v) is 4.12. The summed E-state index contributed by atoms with van der Waals surface area (Å²) >= 11 is 0. The summed E-state index contributed by atoms with van der Waals surface area (Å²) < 4.78 is 1.46. The minimum absolute atomic E-state index is 0.118. The second-order valence-corrected chi connectivity index (χ2v) is 8.76. The van der Waals surface area contributed by atoms with Crippen LogP contribution < -0.4 is 11.5 Å². The van der Waals surface area contributed by atoms with Crippen LogP contribution in [-0.4, -0.2) is 56.4 Å². The molecule has 0 bridgehead atoms. The standard InChI is InChI=1S/C24H28N8O2/c1-15(21(34)31(2)3)32-14-18(13-29-32)20(33)30-22(25)24(9-4-10-24)19-7-5-16(6-8-19)17-11-27-23(26)28-12-17/h5-8,11-15H,4,9-10H2,1-3H3,(H2,25,30,33)(H2,26,27,28). The van der Waals surface area contributed by atoms with Crippen LogP contribution in [0.25, 0.3) is 11.1 Å². The first-order valence-electron chi connectivity index (χ1n) is 11.0. The number of nitrogens with zero attached hydrogens (tertiary/aromatic N) is 6. The number of carbonyl (C=O) groups excluding carboxylic acids is 2. The number of aliphatic imine (C=N–C) groups is 1.